The number of likely N-dealkylation sites (tertiary alicyclic amines) is 1. The summed E-state index contributed by atoms with van der Waals surface area (Å²) in [4.78, 5) is 14.6. The molecule has 25 heavy (non-hydrogen) atoms. The number of anilines is 1. The van der Waals surface area contributed by atoms with Crippen LogP contribution >= 0.6 is 0 Å². The van der Waals surface area contributed by atoms with Gasteiger partial charge < -0.3 is 9.64 Å². The van der Waals surface area contributed by atoms with E-state index in [2.05, 4.69) is 15.5 Å². The van der Waals surface area contributed by atoms with E-state index in [4.69, 9.17) is 4.74 Å². The SMILES string of the molecule is COc1ccccc1C1CCCN1C(=O)Nc1ccc(C2CC2)nn1. The molecule has 1 aliphatic heterocycles. The van der Waals surface area contributed by atoms with Crippen molar-refractivity contribution in [1.82, 2.24) is 15.1 Å². The van der Waals surface area contributed by atoms with Gasteiger partial charge in [0, 0.05) is 18.0 Å². The molecule has 0 radical (unpaired) electrons. The summed E-state index contributed by atoms with van der Waals surface area (Å²) in [5.74, 6) is 1.88. The number of nitrogens with one attached hydrogen (secondary N) is 1. The number of aromatic nitrogens is 2. The number of benzene rings is 1. The quantitative estimate of drug-likeness (QED) is 0.922. The molecule has 4 rings (SSSR count). The number of methoxy groups -OCH3 is 1. The van der Waals surface area contributed by atoms with Gasteiger partial charge in [0.05, 0.1) is 18.8 Å². The highest BCUT2D eigenvalue weighted by Gasteiger charge is 2.32. The zero-order chi connectivity index (χ0) is 17.2. The van der Waals surface area contributed by atoms with Gasteiger partial charge in [-0.15, -0.1) is 5.10 Å². The van der Waals surface area contributed by atoms with Crippen LogP contribution in [0.25, 0.3) is 0 Å². The Kier molecular flexibility index (Phi) is 4.26. The van der Waals surface area contributed by atoms with E-state index in [1.54, 1.807) is 7.11 Å². The first kappa shape index (κ1) is 15.9. The number of ether oxygens (including phenoxy) is 1. The van der Waals surface area contributed by atoms with Crippen molar-refractivity contribution in [2.45, 2.75) is 37.6 Å². The lowest BCUT2D eigenvalue weighted by Gasteiger charge is -2.26. The summed E-state index contributed by atoms with van der Waals surface area (Å²) in [6.45, 7) is 0.724. The predicted molar refractivity (Wildman–Crippen MR) is 94.7 cm³/mol. The Labute approximate surface area is 147 Å². The lowest BCUT2D eigenvalue weighted by Crippen LogP contribution is -2.34. The molecular weight excluding hydrogens is 316 g/mol. The molecule has 2 heterocycles. The fourth-order valence-electron chi connectivity index (χ4n) is 3.46. The number of carbonyl (C=O) groups is 1. The molecule has 1 aliphatic carbocycles. The Morgan fingerprint density at radius 2 is 2.00 bits per heavy atom. The zero-order valence-corrected chi connectivity index (χ0v) is 14.3. The van der Waals surface area contributed by atoms with Gasteiger partial charge in [0.25, 0.3) is 0 Å². The van der Waals surface area contributed by atoms with Crippen molar-refractivity contribution in [1.29, 1.82) is 0 Å². The van der Waals surface area contributed by atoms with Gasteiger partial charge in [0.1, 0.15) is 5.75 Å². The summed E-state index contributed by atoms with van der Waals surface area (Å²) in [6.07, 6.45) is 4.28. The van der Waals surface area contributed by atoms with Crippen molar-refractivity contribution in [3.63, 3.8) is 0 Å². The van der Waals surface area contributed by atoms with Crippen LogP contribution in [0.15, 0.2) is 36.4 Å². The lowest BCUT2D eigenvalue weighted by atomic mass is 10.0. The molecule has 1 atom stereocenters. The second-order valence-electron chi connectivity index (χ2n) is 6.64. The van der Waals surface area contributed by atoms with Gasteiger partial charge in [0.15, 0.2) is 5.82 Å². The smallest absolute Gasteiger partial charge is 0.323 e. The molecule has 1 N–H and O–H groups in total. The molecule has 130 valence electrons. The summed E-state index contributed by atoms with van der Waals surface area (Å²) in [5.41, 5.74) is 2.07. The maximum atomic E-state index is 12.7. The Hall–Kier alpha value is -2.63. The minimum Gasteiger partial charge on any atom is -0.496 e. The number of amides is 2. The van der Waals surface area contributed by atoms with Crippen molar-refractivity contribution >= 4 is 11.8 Å². The molecule has 0 bridgehead atoms. The third kappa shape index (κ3) is 3.29. The maximum Gasteiger partial charge on any atom is 0.323 e. The van der Waals surface area contributed by atoms with Crippen molar-refractivity contribution < 1.29 is 9.53 Å². The van der Waals surface area contributed by atoms with E-state index >= 15 is 0 Å². The number of para-hydroxylation sites is 1. The number of carbonyl (C=O) groups excluding carboxylic acids is 1. The van der Waals surface area contributed by atoms with Gasteiger partial charge in [-0.2, -0.15) is 5.10 Å². The fourth-order valence-corrected chi connectivity index (χ4v) is 3.46. The topological polar surface area (TPSA) is 67.3 Å². The minimum atomic E-state index is -0.137. The standard InChI is InChI=1S/C19H22N4O2/c1-25-17-7-3-2-5-14(17)16-6-4-12-23(16)19(24)20-18-11-10-15(21-22-18)13-8-9-13/h2-3,5,7,10-11,13,16H,4,6,8-9,12H2,1H3,(H,20,22,24). The molecule has 1 aromatic carbocycles. The summed E-state index contributed by atoms with van der Waals surface area (Å²) in [7, 11) is 1.66. The van der Waals surface area contributed by atoms with Crippen molar-refractivity contribution in [2.75, 3.05) is 19.0 Å². The third-order valence-electron chi connectivity index (χ3n) is 4.93. The second-order valence-corrected chi connectivity index (χ2v) is 6.64. The van der Waals surface area contributed by atoms with E-state index < -0.39 is 0 Å². The average molecular weight is 338 g/mol. The zero-order valence-electron chi connectivity index (χ0n) is 14.3. The maximum absolute atomic E-state index is 12.7. The predicted octanol–water partition coefficient (Wildman–Crippen LogP) is 3.73. The van der Waals surface area contributed by atoms with Crippen LogP contribution in [0.3, 0.4) is 0 Å². The van der Waals surface area contributed by atoms with Crippen molar-refractivity contribution in [3.05, 3.63) is 47.7 Å². The normalized spacial score (nSPS) is 19.7. The first-order chi connectivity index (χ1) is 12.3. The Bertz CT molecular complexity index is 758. The fraction of sp³-hybridized carbons (Fsp3) is 0.421. The number of rotatable bonds is 4. The van der Waals surface area contributed by atoms with E-state index in [1.165, 1.54) is 12.8 Å². The summed E-state index contributed by atoms with van der Waals surface area (Å²) >= 11 is 0. The highest BCUT2D eigenvalue weighted by Crippen LogP contribution is 2.39. The minimum absolute atomic E-state index is 0.0230. The molecule has 6 heteroatoms. The van der Waals surface area contributed by atoms with Gasteiger partial charge in [-0.05, 0) is 43.9 Å². The highest BCUT2D eigenvalue weighted by atomic mass is 16.5. The number of hydrogen-bond acceptors (Lipinski definition) is 4. The van der Waals surface area contributed by atoms with Crippen LogP contribution in [-0.2, 0) is 0 Å². The molecule has 1 aromatic heterocycles. The molecule has 2 aliphatic rings. The van der Waals surface area contributed by atoms with E-state index in [0.29, 0.717) is 11.7 Å². The molecule has 2 amide bonds. The number of nitrogens with zero attached hydrogens (tertiary/aromatic N) is 3. The van der Waals surface area contributed by atoms with Crippen LogP contribution in [0.1, 0.15) is 48.9 Å². The lowest BCUT2D eigenvalue weighted by molar-refractivity contribution is 0.206. The van der Waals surface area contributed by atoms with Crippen LogP contribution in [-0.4, -0.2) is 34.8 Å². The van der Waals surface area contributed by atoms with Crippen LogP contribution in [0, 0.1) is 0 Å². The molecule has 6 nitrogen and oxygen atoms in total. The summed E-state index contributed by atoms with van der Waals surface area (Å²) in [6, 6.07) is 11.6. The second kappa shape index (κ2) is 6.70. The number of hydrogen-bond donors (Lipinski definition) is 1. The van der Waals surface area contributed by atoms with E-state index in [1.807, 2.05) is 41.3 Å². The first-order valence-corrected chi connectivity index (χ1v) is 8.80. The van der Waals surface area contributed by atoms with Gasteiger partial charge in [-0.1, -0.05) is 18.2 Å². The highest BCUT2D eigenvalue weighted by molar-refractivity contribution is 5.88. The van der Waals surface area contributed by atoms with Crippen molar-refractivity contribution in [2.24, 2.45) is 0 Å². The Balaban J connectivity index is 1.48. The van der Waals surface area contributed by atoms with Gasteiger partial charge in [-0.25, -0.2) is 4.79 Å². The summed E-state index contributed by atoms with van der Waals surface area (Å²) < 4.78 is 5.46. The molecule has 1 unspecified atom stereocenters. The van der Waals surface area contributed by atoms with Crippen LogP contribution in [0.4, 0.5) is 10.6 Å². The molecule has 2 aromatic rings. The van der Waals surface area contributed by atoms with E-state index in [-0.39, 0.29) is 12.1 Å². The van der Waals surface area contributed by atoms with Gasteiger partial charge in [0.2, 0.25) is 0 Å². The van der Waals surface area contributed by atoms with Gasteiger partial charge >= 0.3 is 6.03 Å². The molecule has 2 fully saturated rings. The van der Waals surface area contributed by atoms with Crippen LogP contribution < -0.4 is 10.1 Å². The van der Waals surface area contributed by atoms with Crippen LogP contribution in [0.5, 0.6) is 5.75 Å². The third-order valence-corrected chi connectivity index (χ3v) is 4.93. The Morgan fingerprint density at radius 3 is 2.72 bits per heavy atom. The van der Waals surface area contributed by atoms with E-state index in [0.717, 1.165) is 36.4 Å². The molecule has 0 spiro atoms. The van der Waals surface area contributed by atoms with Gasteiger partial charge in [-0.3, -0.25) is 5.32 Å². The number of urea groups is 1. The monoisotopic (exact) mass is 338 g/mol. The largest absolute Gasteiger partial charge is 0.496 e. The first-order valence-electron chi connectivity index (χ1n) is 8.80. The Morgan fingerprint density at radius 1 is 1.16 bits per heavy atom. The van der Waals surface area contributed by atoms with Crippen molar-refractivity contribution in [3.8, 4) is 5.75 Å². The molecular formula is C19H22N4O2. The van der Waals surface area contributed by atoms with Crippen LogP contribution in [0.2, 0.25) is 0 Å². The van der Waals surface area contributed by atoms with E-state index in [9.17, 15) is 4.79 Å². The molecule has 1 saturated heterocycles. The average Bonchev–Trinajstić information content (AvgIpc) is 3.38. The summed E-state index contributed by atoms with van der Waals surface area (Å²) in [5, 5.41) is 11.3. The molecule has 1 saturated carbocycles.